The van der Waals surface area contributed by atoms with Crippen LogP contribution in [0.1, 0.15) is 32.1 Å². The summed E-state index contributed by atoms with van der Waals surface area (Å²) in [4.78, 5) is 0. The highest BCUT2D eigenvalue weighted by Gasteiger charge is 2.06. The topological polar surface area (TPSA) is 52.0 Å². The number of hydrogen-bond acceptors (Lipinski definition) is 2. The van der Waals surface area contributed by atoms with E-state index in [4.69, 9.17) is 11.5 Å². The van der Waals surface area contributed by atoms with Gasteiger partial charge in [0.1, 0.15) is 0 Å². The van der Waals surface area contributed by atoms with Crippen molar-refractivity contribution < 1.29 is 0 Å². The summed E-state index contributed by atoms with van der Waals surface area (Å²) in [5, 5.41) is 0. The van der Waals surface area contributed by atoms with Crippen molar-refractivity contribution in [3.8, 4) is 0 Å². The molecule has 0 amide bonds. The molecule has 1 aromatic carbocycles. The summed E-state index contributed by atoms with van der Waals surface area (Å²) in [7, 11) is 0. The van der Waals surface area contributed by atoms with Crippen LogP contribution in [0.5, 0.6) is 0 Å². The molecule has 0 aromatic heterocycles. The van der Waals surface area contributed by atoms with Crippen LogP contribution in [0, 0.1) is 0 Å². The van der Waals surface area contributed by atoms with Gasteiger partial charge in [-0.25, -0.2) is 0 Å². The van der Waals surface area contributed by atoms with Gasteiger partial charge < -0.3 is 11.5 Å². The highest BCUT2D eigenvalue weighted by molar-refractivity contribution is 5.35. The van der Waals surface area contributed by atoms with Crippen LogP contribution in [0.15, 0.2) is 30.3 Å². The van der Waals surface area contributed by atoms with Crippen molar-refractivity contribution in [1.82, 2.24) is 0 Å². The molecule has 1 saturated carbocycles. The fourth-order valence-corrected chi connectivity index (χ4v) is 1.59. The Morgan fingerprint density at radius 2 is 1.50 bits per heavy atom. The highest BCUT2D eigenvalue weighted by Crippen LogP contribution is 2.14. The monoisotopic (exact) mass is 192 g/mol. The van der Waals surface area contributed by atoms with Crippen LogP contribution in [0.4, 0.5) is 5.69 Å². The van der Waals surface area contributed by atoms with Crippen molar-refractivity contribution in [2.45, 2.75) is 38.1 Å². The minimum atomic E-state index is 0.536. The molecule has 1 aliphatic carbocycles. The Balaban J connectivity index is 0.000000140. The quantitative estimate of drug-likeness (QED) is 0.621. The lowest BCUT2D eigenvalue weighted by Crippen LogP contribution is -2.22. The smallest absolute Gasteiger partial charge is 0.0313 e. The maximum absolute atomic E-state index is 5.63. The lowest BCUT2D eigenvalue weighted by Gasteiger charge is -2.15. The third-order valence-electron chi connectivity index (χ3n) is 2.45. The van der Waals surface area contributed by atoms with Gasteiger partial charge in [-0.3, -0.25) is 0 Å². The number of nitrogens with two attached hydrogens (primary N) is 2. The Hall–Kier alpha value is -1.02. The first-order valence-electron chi connectivity index (χ1n) is 5.35. The van der Waals surface area contributed by atoms with E-state index in [1.165, 1.54) is 32.1 Å². The van der Waals surface area contributed by atoms with Crippen LogP contribution in [0.2, 0.25) is 0 Å². The standard InChI is InChI=1S/C6H13N.C6H7N/c2*7-6-4-2-1-3-5-6/h6H,1-5,7H2;1-5H,7H2. The largest absolute Gasteiger partial charge is 0.399 e. The van der Waals surface area contributed by atoms with E-state index >= 15 is 0 Å². The van der Waals surface area contributed by atoms with Gasteiger partial charge in [-0.2, -0.15) is 0 Å². The van der Waals surface area contributed by atoms with Gasteiger partial charge in [0.05, 0.1) is 0 Å². The molecule has 0 spiro atoms. The Morgan fingerprint density at radius 1 is 0.929 bits per heavy atom. The molecule has 0 atom stereocenters. The van der Waals surface area contributed by atoms with Crippen LogP contribution < -0.4 is 11.5 Å². The molecule has 0 saturated heterocycles. The van der Waals surface area contributed by atoms with E-state index in [0.717, 1.165) is 5.69 Å². The van der Waals surface area contributed by atoms with Crippen LogP contribution >= 0.6 is 0 Å². The first kappa shape index (κ1) is 11.1. The second-order valence-electron chi connectivity index (χ2n) is 3.81. The number of anilines is 1. The van der Waals surface area contributed by atoms with E-state index in [-0.39, 0.29) is 0 Å². The summed E-state index contributed by atoms with van der Waals surface area (Å²) < 4.78 is 0. The lowest BCUT2D eigenvalue weighted by molar-refractivity contribution is 0.441. The van der Waals surface area contributed by atoms with E-state index in [0.29, 0.717) is 6.04 Å². The molecule has 2 nitrogen and oxygen atoms in total. The average molecular weight is 192 g/mol. The van der Waals surface area contributed by atoms with E-state index in [9.17, 15) is 0 Å². The molecule has 0 radical (unpaired) electrons. The van der Waals surface area contributed by atoms with Crippen molar-refractivity contribution in [3.63, 3.8) is 0 Å². The van der Waals surface area contributed by atoms with Gasteiger partial charge in [-0.05, 0) is 25.0 Å². The lowest BCUT2D eigenvalue weighted by atomic mass is 9.97. The molecule has 0 bridgehead atoms. The van der Waals surface area contributed by atoms with Gasteiger partial charge in [0.2, 0.25) is 0 Å². The SMILES string of the molecule is NC1CCCCC1.Nc1ccccc1. The van der Waals surface area contributed by atoms with Gasteiger partial charge >= 0.3 is 0 Å². The van der Waals surface area contributed by atoms with Crippen molar-refractivity contribution in [3.05, 3.63) is 30.3 Å². The predicted molar refractivity (Wildman–Crippen MR) is 61.9 cm³/mol. The molecule has 4 N–H and O–H groups in total. The van der Waals surface area contributed by atoms with E-state index < -0.39 is 0 Å². The zero-order chi connectivity index (χ0) is 10.2. The minimum Gasteiger partial charge on any atom is -0.399 e. The first-order valence-corrected chi connectivity index (χ1v) is 5.35. The third kappa shape index (κ3) is 4.87. The van der Waals surface area contributed by atoms with Crippen molar-refractivity contribution in [2.75, 3.05) is 5.73 Å². The maximum atomic E-state index is 5.63. The molecular formula is C12H20N2. The van der Waals surface area contributed by atoms with E-state index in [2.05, 4.69) is 0 Å². The van der Waals surface area contributed by atoms with E-state index in [1.54, 1.807) is 0 Å². The summed E-state index contributed by atoms with van der Waals surface area (Å²) in [5.74, 6) is 0. The van der Waals surface area contributed by atoms with Crippen LogP contribution in [0.3, 0.4) is 0 Å². The molecule has 14 heavy (non-hydrogen) atoms. The second kappa shape index (κ2) is 6.44. The second-order valence-corrected chi connectivity index (χ2v) is 3.81. The summed E-state index contributed by atoms with van der Waals surface area (Å²) in [6, 6.07) is 10.0. The van der Waals surface area contributed by atoms with Gasteiger partial charge in [-0.15, -0.1) is 0 Å². The summed E-state index contributed by atoms with van der Waals surface area (Å²) in [5.41, 5.74) is 11.8. The first-order chi connectivity index (χ1) is 6.79. The molecule has 0 heterocycles. The van der Waals surface area contributed by atoms with Gasteiger partial charge in [-0.1, -0.05) is 37.5 Å². The predicted octanol–water partition coefficient (Wildman–Crippen LogP) is 2.55. The highest BCUT2D eigenvalue weighted by atomic mass is 14.6. The number of hydrogen-bond donors (Lipinski definition) is 2. The number of benzene rings is 1. The molecule has 1 aliphatic rings. The molecular weight excluding hydrogens is 172 g/mol. The third-order valence-corrected chi connectivity index (χ3v) is 2.45. The van der Waals surface area contributed by atoms with Gasteiger partial charge in [0, 0.05) is 11.7 Å². The van der Waals surface area contributed by atoms with Crippen LogP contribution in [-0.2, 0) is 0 Å². The number of para-hydroxylation sites is 1. The Bertz CT molecular complexity index is 227. The van der Waals surface area contributed by atoms with Gasteiger partial charge in [0.25, 0.3) is 0 Å². The fourth-order valence-electron chi connectivity index (χ4n) is 1.59. The Labute approximate surface area is 86.3 Å². The fraction of sp³-hybridized carbons (Fsp3) is 0.500. The number of nitrogen functional groups attached to an aromatic ring is 1. The minimum absolute atomic E-state index is 0.536. The summed E-state index contributed by atoms with van der Waals surface area (Å²) in [6.07, 6.45) is 6.66. The number of rotatable bonds is 0. The zero-order valence-electron chi connectivity index (χ0n) is 8.65. The molecule has 0 aliphatic heterocycles. The zero-order valence-corrected chi connectivity index (χ0v) is 8.65. The van der Waals surface area contributed by atoms with Crippen LogP contribution in [0.25, 0.3) is 0 Å². The molecule has 2 rings (SSSR count). The molecule has 1 fully saturated rings. The van der Waals surface area contributed by atoms with Crippen molar-refractivity contribution >= 4 is 5.69 Å². The summed E-state index contributed by atoms with van der Waals surface area (Å²) in [6.45, 7) is 0. The van der Waals surface area contributed by atoms with Crippen molar-refractivity contribution in [1.29, 1.82) is 0 Å². The van der Waals surface area contributed by atoms with Gasteiger partial charge in [0.15, 0.2) is 0 Å². The Kier molecular flexibility index (Phi) is 5.08. The summed E-state index contributed by atoms with van der Waals surface area (Å²) >= 11 is 0. The normalized spacial score (nSPS) is 16.9. The molecule has 0 unspecified atom stereocenters. The Morgan fingerprint density at radius 3 is 1.79 bits per heavy atom. The molecule has 78 valence electrons. The van der Waals surface area contributed by atoms with Crippen molar-refractivity contribution in [2.24, 2.45) is 5.73 Å². The molecule has 2 heteroatoms. The molecule has 1 aromatic rings. The maximum Gasteiger partial charge on any atom is 0.0313 e. The average Bonchev–Trinajstić information content (AvgIpc) is 2.21. The van der Waals surface area contributed by atoms with E-state index in [1.807, 2.05) is 30.3 Å². The van der Waals surface area contributed by atoms with Crippen LogP contribution in [-0.4, -0.2) is 6.04 Å².